The number of hydrogen-bond acceptors (Lipinski definition) is 4. The van der Waals surface area contributed by atoms with Crippen LogP contribution in [0.5, 0.6) is 0 Å². The van der Waals surface area contributed by atoms with E-state index in [4.69, 9.17) is 4.74 Å². The highest BCUT2D eigenvalue weighted by Gasteiger charge is 2.30. The number of aryl methyl sites for hydroxylation is 1. The molecule has 0 radical (unpaired) electrons. The molecule has 24 heavy (non-hydrogen) atoms. The van der Waals surface area contributed by atoms with Gasteiger partial charge in [-0.25, -0.2) is 4.79 Å². The molecule has 1 aromatic rings. The third-order valence-corrected chi connectivity index (χ3v) is 6.45. The van der Waals surface area contributed by atoms with Crippen molar-refractivity contribution in [2.75, 3.05) is 0 Å². The molecule has 0 amide bonds. The predicted octanol–water partition coefficient (Wildman–Crippen LogP) is 5.37. The van der Waals surface area contributed by atoms with Crippen molar-refractivity contribution in [3.63, 3.8) is 0 Å². The molecule has 0 bridgehead atoms. The average molecular weight is 346 g/mol. The number of aliphatic hydroxyl groups excluding tert-OH is 1. The molecule has 0 saturated carbocycles. The first-order valence-electron chi connectivity index (χ1n) is 8.67. The van der Waals surface area contributed by atoms with E-state index in [-0.39, 0.29) is 16.5 Å². The van der Waals surface area contributed by atoms with Gasteiger partial charge >= 0.3 is 5.97 Å². The zero-order valence-electron chi connectivity index (χ0n) is 15.0. The van der Waals surface area contributed by atoms with Gasteiger partial charge in [-0.05, 0) is 61.4 Å². The van der Waals surface area contributed by atoms with E-state index in [9.17, 15) is 9.90 Å². The molecule has 0 fully saturated rings. The summed E-state index contributed by atoms with van der Waals surface area (Å²) in [5.74, 6) is 1.35. The Hall–Kier alpha value is -1.42. The van der Waals surface area contributed by atoms with Gasteiger partial charge in [-0.3, -0.25) is 0 Å². The fourth-order valence-corrected chi connectivity index (χ4v) is 4.76. The van der Waals surface area contributed by atoms with Crippen molar-refractivity contribution in [2.45, 2.75) is 70.3 Å². The van der Waals surface area contributed by atoms with E-state index in [2.05, 4.69) is 20.8 Å². The van der Waals surface area contributed by atoms with Crippen molar-refractivity contribution in [3.8, 4) is 0 Å². The quantitative estimate of drug-likeness (QED) is 0.731. The van der Waals surface area contributed by atoms with E-state index in [1.54, 1.807) is 0 Å². The summed E-state index contributed by atoms with van der Waals surface area (Å²) in [7, 11) is 0. The topological polar surface area (TPSA) is 46.5 Å². The van der Waals surface area contributed by atoms with Crippen molar-refractivity contribution in [2.24, 2.45) is 0 Å². The molecule has 0 spiro atoms. The van der Waals surface area contributed by atoms with Crippen LogP contribution in [-0.2, 0) is 16.9 Å². The van der Waals surface area contributed by atoms with Gasteiger partial charge in [0.15, 0.2) is 0 Å². The Kier molecular flexibility index (Phi) is 4.69. The number of esters is 1. The summed E-state index contributed by atoms with van der Waals surface area (Å²) in [6.45, 7) is 8.61. The Labute approximate surface area is 148 Å². The van der Waals surface area contributed by atoms with E-state index >= 15 is 0 Å². The fraction of sp³-hybridized carbons (Fsp3) is 0.550. The van der Waals surface area contributed by atoms with Crippen LogP contribution in [0.25, 0.3) is 0 Å². The van der Waals surface area contributed by atoms with Gasteiger partial charge in [-0.15, -0.1) is 0 Å². The standard InChI is InChI=1S/C20H26O3S/c1-12-9-14(19(22)23-18-8-6-5-7-17(18)21)13(2)15-10-20(3,4)24-11-16(12)15/h9,21H,5-8,10-11H2,1-4H3. The van der Waals surface area contributed by atoms with Crippen molar-refractivity contribution in [1.82, 2.24) is 0 Å². The van der Waals surface area contributed by atoms with Gasteiger partial charge in [0.25, 0.3) is 0 Å². The van der Waals surface area contributed by atoms with Crippen LogP contribution in [0.4, 0.5) is 0 Å². The van der Waals surface area contributed by atoms with Gasteiger partial charge in [-0.1, -0.05) is 13.8 Å². The number of carbonyl (C=O) groups is 1. The second-order valence-corrected chi connectivity index (χ2v) is 9.20. The highest BCUT2D eigenvalue weighted by molar-refractivity contribution is 7.99. The largest absolute Gasteiger partial charge is 0.509 e. The first-order chi connectivity index (χ1) is 11.3. The summed E-state index contributed by atoms with van der Waals surface area (Å²) in [5, 5.41) is 9.95. The summed E-state index contributed by atoms with van der Waals surface area (Å²) in [6, 6.07) is 1.95. The van der Waals surface area contributed by atoms with Crippen LogP contribution in [0, 0.1) is 13.8 Å². The zero-order valence-corrected chi connectivity index (χ0v) is 15.8. The van der Waals surface area contributed by atoms with E-state index in [1.807, 2.05) is 24.8 Å². The molecular formula is C20H26O3S. The first kappa shape index (κ1) is 17.4. The fourth-order valence-electron chi connectivity index (χ4n) is 3.57. The molecule has 3 rings (SSSR count). The number of thioether (sulfide) groups is 1. The van der Waals surface area contributed by atoms with Gasteiger partial charge in [0.05, 0.1) is 5.56 Å². The molecule has 0 saturated heterocycles. The molecule has 130 valence electrons. The summed E-state index contributed by atoms with van der Waals surface area (Å²) < 4.78 is 5.75. The normalized spacial score (nSPS) is 19.8. The number of aliphatic hydroxyl groups is 1. The summed E-state index contributed by atoms with van der Waals surface area (Å²) >= 11 is 1.97. The SMILES string of the molecule is Cc1cc(C(=O)OC2=C(O)CCCC2)c(C)c2c1CSC(C)(C)C2. The van der Waals surface area contributed by atoms with Crippen molar-refractivity contribution in [3.05, 3.63) is 45.4 Å². The predicted molar refractivity (Wildman–Crippen MR) is 98.5 cm³/mol. The molecule has 1 aliphatic heterocycles. The Morgan fingerprint density at radius 3 is 2.62 bits per heavy atom. The molecule has 0 atom stereocenters. The van der Waals surface area contributed by atoms with Gasteiger partial charge in [0, 0.05) is 23.3 Å². The summed E-state index contributed by atoms with van der Waals surface area (Å²) in [6.07, 6.45) is 4.13. The maximum absolute atomic E-state index is 12.7. The number of benzene rings is 1. The average Bonchev–Trinajstić information content (AvgIpc) is 2.52. The van der Waals surface area contributed by atoms with Gasteiger partial charge in [0.1, 0.15) is 11.5 Å². The van der Waals surface area contributed by atoms with Gasteiger partial charge < -0.3 is 9.84 Å². The molecule has 2 aliphatic rings. The van der Waals surface area contributed by atoms with Crippen LogP contribution in [0.2, 0.25) is 0 Å². The molecule has 1 aromatic carbocycles. The lowest BCUT2D eigenvalue weighted by atomic mass is 9.87. The van der Waals surface area contributed by atoms with Gasteiger partial charge in [0.2, 0.25) is 0 Å². The van der Waals surface area contributed by atoms with E-state index in [0.29, 0.717) is 24.2 Å². The van der Waals surface area contributed by atoms with Crippen molar-refractivity contribution < 1.29 is 14.6 Å². The van der Waals surface area contributed by atoms with Crippen LogP contribution in [0.15, 0.2) is 17.6 Å². The maximum atomic E-state index is 12.7. The molecule has 3 nitrogen and oxygen atoms in total. The molecule has 1 heterocycles. The van der Waals surface area contributed by atoms with Gasteiger partial charge in [-0.2, -0.15) is 11.8 Å². The third kappa shape index (κ3) is 3.34. The number of fused-ring (bicyclic) bond motifs is 1. The van der Waals surface area contributed by atoms with Crippen LogP contribution < -0.4 is 0 Å². The second-order valence-electron chi connectivity index (χ2n) is 7.51. The Morgan fingerprint density at radius 2 is 1.92 bits per heavy atom. The van der Waals surface area contributed by atoms with Crippen LogP contribution in [-0.4, -0.2) is 15.8 Å². The minimum absolute atomic E-state index is 0.191. The molecule has 1 N–H and O–H groups in total. The lowest BCUT2D eigenvalue weighted by Gasteiger charge is -2.33. The molecule has 0 aromatic heterocycles. The molecule has 4 heteroatoms. The van der Waals surface area contributed by atoms with Crippen molar-refractivity contribution >= 4 is 17.7 Å². The lowest BCUT2D eigenvalue weighted by molar-refractivity contribution is 0.0583. The molecule has 0 unspecified atom stereocenters. The summed E-state index contributed by atoms with van der Waals surface area (Å²) in [5.41, 5.74) is 5.50. The third-order valence-electron chi connectivity index (χ3n) is 5.09. The maximum Gasteiger partial charge on any atom is 0.343 e. The van der Waals surface area contributed by atoms with Crippen LogP contribution >= 0.6 is 11.8 Å². The second kappa shape index (κ2) is 6.47. The van der Waals surface area contributed by atoms with E-state index in [1.165, 1.54) is 11.1 Å². The number of rotatable bonds is 2. The molecular weight excluding hydrogens is 320 g/mol. The minimum atomic E-state index is -0.335. The highest BCUT2D eigenvalue weighted by atomic mass is 32.2. The van der Waals surface area contributed by atoms with Crippen LogP contribution in [0.3, 0.4) is 0 Å². The van der Waals surface area contributed by atoms with Crippen molar-refractivity contribution in [1.29, 1.82) is 0 Å². The number of hydrogen-bond donors (Lipinski definition) is 1. The first-order valence-corrected chi connectivity index (χ1v) is 9.66. The molecule has 1 aliphatic carbocycles. The smallest absolute Gasteiger partial charge is 0.343 e. The number of ether oxygens (including phenoxy) is 1. The zero-order chi connectivity index (χ0) is 17.5. The van der Waals surface area contributed by atoms with Crippen LogP contribution in [0.1, 0.15) is 72.1 Å². The van der Waals surface area contributed by atoms with E-state index in [0.717, 1.165) is 36.1 Å². The number of carbonyl (C=O) groups excluding carboxylic acids is 1. The highest BCUT2D eigenvalue weighted by Crippen LogP contribution is 2.41. The Morgan fingerprint density at radius 1 is 1.21 bits per heavy atom. The van der Waals surface area contributed by atoms with E-state index < -0.39 is 0 Å². The monoisotopic (exact) mass is 346 g/mol. The number of allylic oxidation sites excluding steroid dienone is 2. The Balaban J connectivity index is 1.94. The summed E-state index contributed by atoms with van der Waals surface area (Å²) in [4.78, 5) is 12.7. The lowest BCUT2D eigenvalue weighted by Crippen LogP contribution is -2.26. The minimum Gasteiger partial charge on any atom is -0.509 e. The Bertz CT molecular complexity index is 716.